The highest BCUT2D eigenvalue weighted by atomic mass is 32.1. The summed E-state index contributed by atoms with van der Waals surface area (Å²) in [6.07, 6.45) is 4.27. The van der Waals surface area contributed by atoms with Crippen molar-refractivity contribution in [3.05, 3.63) is 5.82 Å². The van der Waals surface area contributed by atoms with Gasteiger partial charge in [0.1, 0.15) is 5.60 Å². The average molecular weight is 255 g/mol. The lowest BCUT2D eigenvalue weighted by atomic mass is 9.70. The van der Waals surface area contributed by atoms with Gasteiger partial charge in [0.15, 0.2) is 11.0 Å². The van der Waals surface area contributed by atoms with Crippen LogP contribution in [0.1, 0.15) is 52.3 Å². The van der Waals surface area contributed by atoms with E-state index >= 15 is 0 Å². The Hall–Kier alpha value is -0.680. The first-order valence-electron chi connectivity index (χ1n) is 6.21. The minimum absolute atomic E-state index is 0.293. The summed E-state index contributed by atoms with van der Waals surface area (Å²) in [7, 11) is 0. The van der Waals surface area contributed by atoms with Gasteiger partial charge < -0.3 is 10.5 Å². The molecule has 1 aliphatic carbocycles. The molecule has 1 heterocycles. The Morgan fingerprint density at radius 3 is 2.41 bits per heavy atom. The van der Waals surface area contributed by atoms with Crippen LogP contribution in [-0.4, -0.2) is 16.0 Å². The van der Waals surface area contributed by atoms with Crippen molar-refractivity contribution in [1.82, 2.24) is 9.36 Å². The number of rotatable bonds is 3. The molecule has 0 amide bonds. The zero-order chi connectivity index (χ0) is 12.5. The third-order valence-corrected chi connectivity index (χ3v) is 4.22. The molecule has 0 atom stereocenters. The van der Waals surface area contributed by atoms with Gasteiger partial charge >= 0.3 is 0 Å². The van der Waals surface area contributed by atoms with Crippen LogP contribution < -0.4 is 5.73 Å². The molecule has 1 aromatic rings. The van der Waals surface area contributed by atoms with E-state index in [9.17, 15) is 0 Å². The first kappa shape index (κ1) is 12.8. The van der Waals surface area contributed by atoms with Crippen molar-refractivity contribution in [3.63, 3.8) is 0 Å². The molecule has 0 aliphatic heterocycles. The molecule has 0 radical (unpaired) electrons. The van der Waals surface area contributed by atoms with Gasteiger partial charge in [-0.2, -0.15) is 4.37 Å². The van der Waals surface area contributed by atoms with Gasteiger partial charge in [-0.1, -0.05) is 13.8 Å². The maximum Gasteiger partial charge on any atom is 0.200 e. The number of aromatic nitrogens is 2. The highest BCUT2D eigenvalue weighted by molar-refractivity contribution is 7.09. The molecule has 0 spiro atoms. The van der Waals surface area contributed by atoms with Crippen molar-refractivity contribution in [2.24, 2.45) is 5.41 Å². The fourth-order valence-corrected chi connectivity index (χ4v) is 2.97. The first-order valence-corrected chi connectivity index (χ1v) is 6.98. The van der Waals surface area contributed by atoms with Crippen LogP contribution in [0.2, 0.25) is 0 Å². The molecule has 1 aromatic heterocycles. The van der Waals surface area contributed by atoms with Gasteiger partial charge in [0.25, 0.3) is 0 Å². The zero-order valence-electron chi connectivity index (χ0n) is 10.8. The predicted octanol–water partition coefficient (Wildman–Crippen LogP) is 2.95. The van der Waals surface area contributed by atoms with E-state index in [1.165, 1.54) is 11.5 Å². The van der Waals surface area contributed by atoms with E-state index in [-0.39, 0.29) is 5.60 Å². The lowest BCUT2D eigenvalue weighted by Crippen LogP contribution is -2.38. The molecule has 0 bridgehead atoms. The Morgan fingerprint density at radius 1 is 1.29 bits per heavy atom. The monoisotopic (exact) mass is 255 g/mol. The highest BCUT2D eigenvalue weighted by Gasteiger charge is 2.43. The van der Waals surface area contributed by atoms with E-state index in [0.717, 1.165) is 31.5 Å². The van der Waals surface area contributed by atoms with Crippen molar-refractivity contribution >= 4 is 16.7 Å². The van der Waals surface area contributed by atoms with Crippen molar-refractivity contribution in [2.75, 3.05) is 12.3 Å². The van der Waals surface area contributed by atoms with Gasteiger partial charge in [-0.15, -0.1) is 0 Å². The van der Waals surface area contributed by atoms with Crippen molar-refractivity contribution in [2.45, 2.75) is 52.1 Å². The molecular weight excluding hydrogens is 234 g/mol. The maximum absolute atomic E-state index is 5.99. The summed E-state index contributed by atoms with van der Waals surface area (Å²) in [5, 5.41) is 0.531. The second-order valence-corrected chi connectivity index (χ2v) is 6.33. The molecule has 2 rings (SSSR count). The van der Waals surface area contributed by atoms with E-state index in [1.807, 2.05) is 6.92 Å². The summed E-state index contributed by atoms with van der Waals surface area (Å²) >= 11 is 1.26. The Morgan fingerprint density at radius 2 is 1.94 bits per heavy atom. The molecule has 0 saturated heterocycles. The minimum atomic E-state index is -0.293. The van der Waals surface area contributed by atoms with Crippen LogP contribution in [0.3, 0.4) is 0 Å². The zero-order valence-corrected chi connectivity index (χ0v) is 11.6. The van der Waals surface area contributed by atoms with Crippen LogP contribution in [0.5, 0.6) is 0 Å². The number of hydrogen-bond acceptors (Lipinski definition) is 5. The standard InChI is InChI=1S/C12H21N3OS/c1-4-16-12(9-14-10(13)17-15-9)7-5-11(2,3)6-8-12/h4-8H2,1-3H3,(H2,13,14,15). The molecule has 96 valence electrons. The normalized spacial score (nSPS) is 22.5. The SMILES string of the molecule is CCOC1(c2nsc(N)n2)CCC(C)(C)CC1. The largest absolute Gasteiger partial charge is 0.374 e. The molecule has 1 fully saturated rings. The maximum atomic E-state index is 5.99. The van der Waals surface area contributed by atoms with Crippen molar-refractivity contribution < 1.29 is 4.74 Å². The third kappa shape index (κ3) is 2.60. The van der Waals surface area contributed by atoms with Gasteiger partial charge in [-0.05, 0) is 38.0 Å². The first-order chi connectivity index (χ1) is 7.97. The van der Waals surface area contributed by atoms with Crippen LogP contribution in [0.15, 0.2) is 0 Å². The van der Waals surface area contributed by atoms with Crippen molar-refractivity contribution in [1.29, 1.82) is 0 Å². The average Bonchev–Trinajstić information content (AvgIpc) is 2.69. The quantitative estimate of drug-likeness (QED) is 0.902. The molecule has 0 aromatic carbocycles. The summed E-state index contributed by atoms with van der Waals surface area (Å²) in [4.78, 5) is 4.33. The molecule has 2 N–H and O–H groups in total. The Balaban J connectivity index is 2.22. The summed E-state index contributed by atoms with van der Waals surface area (Å²) in [5.41, 5.74) is 5.79. The van der Waals surface area contributed by atoms with Gasteiger partial charge in [0.2, 0.25) is 0 Å². The van der Waals surface area contributed by atoms with Crippen molar-refractivity contribution in [3.8, 4) is 0 Å². The number of hydrogen-bond donors (Lipinski definition) is 1. The van der Waals surface area contributed by atoms with E-state index in [2.05, 4.69) is 23.2 Å². The Bertz CT molecular complexity index is 379. The Kier molecular flexibility index (Phi) is 3.41. The van der Waals surface area contributed by atoms with E-state index in [0.29, 0.717) is 17.2 Å². The molecule has 4 nitrogen and oxygen atoms in total. The third-order valence-electron chi connectivity index (χ3n) is 3.68. The van der Waals surface area contributed by atoms with Gasteiger partial charge in [0, 0.05) is 18.1 Å². The minimum Gasteiger partial charge on any atom is -0.374 e. The molecule has 1 aliphatic rings. The van der Waals surface area contributed by atoms with E-state index in [4.69, 9.17) is 10.5 Å². The summed E-state index contributed by atoms with van der Waals surface area (Å²) in [5.74, 6) is 0.789. The van der Waals surface area contributed by atoms with E-state index < -0.39 is 0 Å². The summed E-state index contributed by atoms with van der Waals surface area (Å²) in [6, 6.07) is 0. The lowest BCUT2D eigenvalue weighted by molar-refractivity contribution is -0.0940. The predicted molar refractivity (Wildman–Crippen MR) is 69.9 cm³/mol. The van der Waals surface area contributed by atoms with Crippen LogP contribution in [0, 0.1) is 5.41 Å². The second kappa shape index (κ2) is 4.53. The summed E-state index contributed by atoms with van der Waals surface area (Å²) < 4.78 is 10.3. The number of nitrogens with two attached hydrogens (primary N) is 1. The second-order valence-electron chi connectivity index (χ2n) is 5.55. The number of anilines is 1. The number of nitrogen functional groups attached to an aromatic ring is 1. The van der Waals surface area contributed by atoms with Gasteiger partial charge in [-0.3, -0.25) is 0 Å². The molecule has 1 saturated carbocycles. The van der Waals surface area contributed by atoms with Gasteiger partial charge in [-0.25, -0.2) is 4.98 Å². The highest BCUT2D eigenvalue weighted by Crippen LogP contribution is 2.46. The molecule has 0 unspecified atom stereocenters. The lowest BCUT2D eigenvalue weighted by Gasteiger charge is -2.41. The smallest absolute Gasteiger partial charge is 0.200 e. The number of nitrogens with zero attached hydrogens (tertiary/aromatic N) is 2. The molecular formula is C12H21N3OS. The fraction of sp³-hybridized carbons (Fsp3) is 0.833. The van der Waals surface area contributed by atoms with E-state index in [1.54, 1.807) is 0 Å². The van der Waals surface area contributed by atoms with Crippen LogP contribution in [-0.2, 0) is 10.3 Å². The molecule has 5 heteroatoms. The topological polar surface area (TPSA) is 61.0 Å². The molecule has 17 heavy (non-hydrogen) atoms. The Labute approximate surface area is 107 Å². The fourth-order valence-electron chi connectivity index (χ4n) is 2.46. The van der Waals surface area contributed by atoms with Gasteiger partial charge in [0.05, 0.1) is 0 Å². The summed E-state index contributed by atoms with van der Waals surface area (Å²) in [6.45, 7) is 7.34. The van der Waals surface area contributed by atoms with Crippen LogP contribution in [0.4, 0.5) is 5.13 Å². The van der Waals surface area contributed by atoms with Crippen LogP contribution >= 0.6 is 11.5 Å². The van der Waals surface area contributed by atoms with Crippen LogP contribution in [0.25, 0.3) is 0 Å². The number of ether oxygens (including phenoxy) is 1.